The summed E-state index contributed by atoms with van der Waals surface area (Å²) < 4.78 is 61.5. The lowest BCUT2D eigenvalue weighted by Crippen LogP contribution is -2.45. The number of benzene rings is 1. The minimum absolute atomic E-state index is 0.146. The molecule has 0 spiro atoms. The number of piperazine rings is 1. The Hall–Kier alpha value is -3.51. The second-order valence-corrected chi connectivity index (χ2v) is 9.10. The maximum atomic E-state index is 15.5. The Morgan fingerprint density at radius 2 is 1.57 bits per heavy atom. The zero-order valence-corrected chi connectivity index (χ0v) is 20.2. The number of ether oxygens (including phenoxy) is 1. The molecule has 2 saturated heterocycles. The van der Waals surface area contributed by atoms with Crippen LogP contribution in [0.25, 0.3) is 16.8 Å². The molecule has 4 heterocycles. The van der Waals surface area contributed by atoms with Crippen molar-refractivity contribution in [2.75, 3.05) is 69.3 Å². The minimum atomic E-state index is -4.65. The minimum Gasteiger partial charge on any atom is -0.378 e. The van der Waals surface area contributed by atoms with E-state index in [9.17, 15) is 18.0 Å². The van der Waals surface area contributed by atoms with Gasteiger partial charge in [-0.3, -0.25) is 9.36 Å². The first-order valence-corrected chi connectivity index (χ1v) is 11.9. The molecule has 37 heavy (non-hydrogen) atoms. The van der Waals surface area contributed by atoms with Crippen LogP contribution >= 0.6 is 0 Å². The highest BCUT2D eigenvalue weighted by Gasteiger charge is 2.31. The lowest BCUT2D eigenvalue weighted by molar-refractivity contribution is -0.137. The number of alkyl halides is 3. The number of rotatable bonds is 4. The van der Waals surface area contributed by atoms with Crippen LogP contribution in [0.15, 0.2) is 47.7 Å². The van der Waals surface area contributed by atoms with Gasteiger partial charge in [0.2, 0.25) is 5.95 Å². The summed E-state index contributed by atoms with van der Waals surface area (Å²) in [5.41, 5.74) is -0.640. The van der Waals surface area contributed by atoms with Crippen LogP contribution in [0.2, 0.25) is 0 Å². The molecule has 8 nitrogen and oxygen atoms in total. The normalized spacial score (nSPS) is 17.3. The Morgan fingerprint density at radius 3 is 2.19 bits per heavy atom. The summed E-state index contributed by atoms with van der Waals surface area (Å²) >= 11 is 0. The van der Waals surface area contributed by atoms with Crippen LogP contribution in [0.1, 0.15) is 5.56 Å². The Bertz CT molecular complexity index is 1310. The second-order valence-electron chi connectivity index (χ2n) is 9.10. The Labute approximate surface area is 210 Å². The van der Waals surface area contributed by atoms with Gasteiger partial charge in [-0.2, -0.15) is 13.2 Å². The summed E-state index contributed by atoms with van der Waals surface area (Å²) in [6.45, 7) is 5.04. The van der Waals surface area contributed by atoms with E-state index in [1.807, 2.05) is 16.8 Å². The molecular formula is C25H26F4N6O2. The van der Waals surface area contributed by atoms with E-state index in [0.29, 0.717) is 62.7 Å². The molecule has 2 aromatic heterocycles. The molecule has 12 heteroatoms. The molecule has 0 radical (unpaired) electrons. The lowest BCUT2D eigenvalue weighted by atomic mass is 10.0. The third-order valence-electron chi connectivity index (χ3n) is 6.66. The van der Waals surface area contributed by atoms with Gasteiger partial charge in [-0.1, -0.05) is 0 Å². The van der Waals surface area contributed by atoms with E-state index in [4.69, 9.17) is 4.74 Å². The van der Waals surface area contributed by atoms with E-state index in [0.717, 1.165) is 29.9 Å². The van der Waals surface area contributed by atoms with Gasteiger partial charge in [0.05, 0.1) is 30.2 Å². The zero-order chi connectivity index (χ0) is 26.2. The van der Waals surface area contributed by atoms with Crippen molar-refractivity contribution in [1.29, 1.82) is 0 Å². The molecule has 5 rings (SSSR count). The van der Waals surface area contributed by atoms with Crippen molar-refractivity contribution in [3.8, 4) is 16.8 Å². The highest BCUT2D eigenvalue weighted by molar-refractivity contribution is 5.74. The van der Waals surface area contributed by atoms with E-state index in [2.05, 4.69) is 14.9 Å². The number of hydrogen-bond donors (Lipinski definition) is 0. The number of nitrogens with zero attached hydrogens (tertiary/aromatic N) is 6. The number of pyridine rings is 1. The summed E-state index contributed by atoms with van der Waals surface area (Å²) in [5.74, 6) is -0.0407. The standard InChI is InChI=1S/C25H26F4N6O2/c1-32-4-6-33(7-5-32)21-14-20(26)19(17-15-30-24(31-16-17)34-8-10-37-11-9-34)13-22(21)35-3-2-18(12-23(35)36)25(27,28)29/h2-3,12-16H,4-11H2,1H3. The van der Waals surface area contributed by atoms with Crippen LogP contribution in [0.3, 0.4) is 0 Å². The summed E-state index contributed by atoms with van der Waals surface area (Å²) in [6, 6.07) is 4.20. The summed E-state index contributed by atoms with van der Waals surface area (Å²) in [6.07, 6.45) is -0.554. The van der Waals surface area contributed by atoms with Crippen molar-refractivity contribution >= 4 is 11.6 Å². The molecule has 0 bridgehead atoms. The van der Waals surface area contributed by atoms with Crippen molar-refractivity contribution in [2.45, 2.75) is 6.18 Å². The largest absolute Gasteiger partial charge is 0.416 e. The number of anilines is 2. The van der Waals surface area contributed by atoms with Crippen molar-refractivity contribution in [1.82, 2.24) is 19.4 Å². The number of hydrogen-bond acceptors (Lipinski definition) is 7. The molecule has 0 atom stereocenters. The van der Waals surface area contributed by atoms with Crippen molar-refractivity contribution < 1.29 is 22.3 Å². The molecule has 2 fully saturated rings. The van der Waals surface area contributed by atoms with Gasteiger partial charge in [-0.25, -0.2) is 14.4 Å². The molecular weight excluding hydrogens is 492 g/mol. The predicted octanol–water partition coefficient (Wildman–Crippen LogP) is 3.04. The average molecular weight is 519 g/mol. The molecule has 2 aliphatic rings. The molecule has 0 amide bonds. The molecule has 2 aliphatic heterocycles. The van der Waals surface area contributed by atoms with E-state index < -0.39 is 23.1 Å². The van der Waals surface area contributed by atoms with E-state index in [-0.39, 0.29) is 11.3 Å². The van der Waals surface area contributed by atoms with Crippen molar-refractivity contribution in [3.63, 3.8) is 0 Å². The average Bonchev–Trinajstić information content (AvgIpc) is 2.89. The Kier molecular flexibility index (Phi) is 6.86. The quantitative estimate of drug-likeness (QED) is 0.492. The van der Waals surface area contributed by atoms with Crippen LogP contribution in [-0.4, -0.2) is 79.0 Å². The number of likely N-dealkylation sites (N-methyl/N-ethyl adjacent to an activating group) is 1. The summed E-state index contributed by atoms with van der Waals surface area (Å²) in [5, 5.41) is 0. The highest BCUT2D eigenvalue weighted by atomic mass is 19.4. The molecule has 3 aromatic rings. The fraction of sp³-hybridized carbons (Fsp3) is 0.400. The van der Waals surface area contributed by atoms with Gasteiger partial charge in [0.25, 0.3) is 5.56 Å². The van der Waals surface area contributed by atoms with Gasteiger partial charge in [0.1, 0.15) is 5.82 Å². The number of morpholine rings is 1. The van der Waals surface area contributed by atoms with Crippen LogP contribution in [-0.2, 0) is 10.9 Å². The van der Waals surface area contributed by atoms with Gasteiger partial charge in [-0.15, -0.1) is 0 Å². The van der Waals surface area contributed by atoms with Crippen LogP contribution in [0.4, 0.5) is 29.2 Å². The molecule has 0 unspecified atom stereocenters. The first-order valence-electron chi connectivity index (χ1n) is 11.9. The third-order valence-corrected chi connectivity index (χ3v) is 6.66. The first-order chi connectivity index (χ1) is 17.7. The molecule has 0 N–H and O–H groups in total. The predicted molar refractivity (Wildman–Crippen MR) is 131 cm³/mol. The van der Waals surface area contributed by atoms with Gasteiger partial charge in [0.15, 0.2) is 0 Å². The maximum absolute atomic E-state index is 15.5. The number of aromatic nitrogens is 3. The van der Waals surface area contributed by atoms with Crippen LogP contribution in [0.5, 0.6) is 0 Å². The number of halogens is 4. The van der Waals surface area contributed by atoms with E-state index in [1.165, 1.54) is 24.5 Å². The zero-order valence-electron chi connectivity index (χ0n) is 20.2. The van der Waals surface area contributed by atoms with Crippen molar-refractivity contribution in [3.05, 3.63) is 64.6 Å². The van der Waals surface area contributed by atoms with E-state index >= 15 is 4.39 Å². The fourth-order valence-electron chi connectivity index (χ4n) is 4.51. The highest BCUT2D eigenvalue weighted by Crippen LogP contribution is 2.34. The summed E-state index contributed by atoms with van der Waals surface area (Å²) in [7, 11) is 1.98. The van der Waals surface area contributed by atoms with E-state index in [1.54, 1.807) is 0 Å². The first kappa shape index (κ1) is 25.2. The van der Waals surface area contributed by atoms with Crippen LogP contribution < -0.4 is 15.4 Å². The fourth-order valence-corrected chi connectivity index (χ4v) is 4.51. The third kappa shape index (κ3) is 5.30. The van der Waals surface area contributed by atoms with Gasteiger partial charge in [0, 0.05) is 75.1 Å². The monoisotopic (exact) mass is 518 g/mol. The van der Waals surface area contributed by atoms with Crippen molar-refractivity contribution in [2.24, 2.45) is 0 Å². The van der Waals surface area contributed by atoms with Gasteiger partial charge >= 0.3 is 6.18 Å². The molecule has 1 aromatic carbocycles. The molecule has 196 valence electrons. The smallest absolute Gasteiger partial charge is 0.378 e. The Morgan fingerprint density at radius 1 is 0.892 bits per heavy atom. The summed E-state index contributed by atoms with van der Waals surface area (Å²) in [4.78, 5) is 27.6. The van der Waals surface area contributed by atoms with Crippen LogP contribution in [0, 0.1) is 5.82 Å². The van der Waals surface area contributed by atoms with Gasteiger partial charge in [-0.05, 0) is 25.2 Å². The topological polar surface area (TPSA) is 66.7 Å². The Balaban J connectivity index is 1.58. The van der Waals surface area contributed by atoms with Gasteiger partial charge < -0.3 is 19.4 Å². The second kappa shape index (κ2) is 10.1. The maximum Gasteiger partial charge on any atom is 0.416 e. The molecule has 0 saturated carbocycles. The SMILES string of the molecule is CN1CCN(c2cc(F)c(-c3cnc(N4CCOCC4)nc3)cc2-n2ccc(C(F)(F)F)cc2=O)CC1. The molecule has 0 aliphatic carbocycles. The lowest BCUT2D eigenvalue weighted by Gasteiger charge is -2.35.